The van der Waals surface area contributed by atoms with Gasteiger partial charge < -0.3 is 19.7 Å². The molecule has 1 N–H and O–H groups in total. The number of carbonyl (C=O) groups is 1. The molecule has 0 spiro atoms. The summed E-state index contributed by atoms with van der Waals surface area (Å²) in [7, 11) is 3.12. The quantitative estimate of drug-likeness (QED) is 0.847. The molecule has 5 heteroatoms. The molecule has 0 bridgehead atoms. The second-order valence-corrected chi connectivity index (χ2v) is 7.12. The zero-order valence-electron chi connectivity index (χ0n) is 16.5. The van der Waals surface area contributed by atoms with Crippen molar-refractivity contribution in [2.75, 3.05) is 38.8 Å². The second kappa shape index (κ2) is 8.33. The number of carbonyl (C=O) groups excluding carboxylic acids is 1. The lowest BCUT2D eigenvalue weighted by Gasteiger charge is -2.20. The van der Waals surface area contributed by atoms with Crippen molar-refractivity contribution < 1.29 is 14.3 Å². The number of rotatable bonds is 6. The van der Waals surface area contributed by atoms with Crippen LogP contribution in [0.3, 0.4) is 0 Å². The standard InChI is InChI=1S/C22H28N2O3/c1-15-8-9-18(12-16(15)2)24-11-10-17(14-24)13-23-22(25)21-19(26-3)6-5-7-20(21)27-4/h5-9,12,17H,10-11,13-14H2,1-4H3,(H,23,25). The van der Waals surface area contributed by atoms with Crippen molar-refractivity contribution in [2.24, 2.45) is 5.92 Å². The van der Waals surface area contributed by atoms with Crippen LogP contribution in [-0.2, 0) is 0 Å². The van der Waals surface area contributed by atoms with Crippen LogP contribution in [0, 0.1) is 19.8 Å². The molecular formula is C22H28N2O3. The number of nitrogens with one attached hydrogen (secondary N) is 1. The molecule has 1 fully saturated rings. The Balaban J connectivity index is 1.61. The van der Waals surface area contributed by atoms with Gasteiger partial charge in [0.1, 0.15) is 17.1 Å². The van der Waals surface area contributed by atoms with Crippen LogP contribution < -0.4 is 19.7 Å². The molecule has 1 atom stereocenters. The van der Waals surface area contributed by atoms with E-state index in [4.69, 9.17) is 9.47 Å². The first kappa shape index (κ1) is 19.1. The van der Waals surface area contributed by atoms with Crippen LogP contribution in [-0.4, -0.2) is 39.8 Å². The highest BCUT2D eigenvalue weighted by Crippen LogP contribution is 2.29. The maximum absolute atomic E-state index is 12.7. The highest BCUT2D eigenvalue weighted by Gasteiger charge is 2.25. The molecule has 3 rings (SSSR count). The number of anilines is 1. The summed E-state index contributed by atoms with van der Waals surface area (Å²) in [5.74, 6) is 1.32. The molecule has 1 heterocycles. The summed E-state index contributed by atoms with van der Waals surface area (Å²) in [6.07, 6.45) is 1.07. The molecule has 1 unspecified atom stereocenters. The van der Waals surface area contributed by atoms with Gasteiger partial charge >= 0.3 is 0 Å². The molecule has 5 nitrogen and oxygen atoms in total. The summed E-state index contributed by atoms with van der Waals surface area (Å²) >= 11 is 0. The molecule has 144 valence electrons. The minimum Gasteiger partial charge on any atom is -0.496 e. The van der Waals surface area contributed by atoms with Gasteiger partial charge in [0.25, 0.3) is 5.91 Å². The van der Waals surface area contributed by atoms with E-state index in [0.29, 0.717) is 29.5 Å². The Morgan fingerprint density at radius 1 is 1.11 bits per heavy atom. The molecule has 0 aliphatic carbocycles. The van der Waals surface area contributed by atoms with Crippen molar-refractivity contribution in [1.82, 2.24) is 5.32 Å². The molecule has 2 aromatic carbocycles. The third-order valence-electron chi connectivity index (χ3n) is 5.35. The Morgan fingerprint density at radius 3 is 2.44 bits per heavy atom. The Labute approximate surface area is 161 Å². The zero-order chi connectivity index (χ0) is 19.4. The number of hydrogen-bond acceptors (Lipinski definition) is 4. The van der Waals surface area contributed by atoms with Gasteiger partial charge in [0.2, 0.25) is 0 Å². The van der Waals surface area contributed by atoms with Crippen molar-refractivity contribution >= 4 is 11.6 Å². The van der Waals surface area contributed by atoms with E-state index in [2.05, 4.69) is 42.3 Å². The van der Waals surface area contributed by atoms with Crippen molar-refractivity contribution in [3.8, 4) is 11.5 Å². The molecular weight excluding hydrogens is 340 g/mol. The molecule has 2 aromatic rings. The zero-order valence-corrected chi connectivity index (χ0v) is 16.5. The fourth-order valence-electron chi connectivity index (χ4n) is 3.56. The summed E-state index contributed by atoms with van der Waals surface area (Å²) in [6, 6.07) is 12.0. The van der Waals surface area contributed by atoms with E-state index in [1.165, 1.54) is 16.8 Å². The van der Waals surface area contributed by atoms with Gasteiger partial charge in [0, 0.05) is 25.3 Å². The lowest BCUT2D eigenvalue weighted by Crippen LogP contribution is -2.31. The number of amides is 1. The lowest BCUT2D eigenvalue weighted by molar-refractivity contribution is 0.0942. The third-order valence-corrected chi connectivity index (χ3v) is 5.35. The Kier molecular flexibility index (Phi) is 5.89. The molecule has 27 heavy (non-hydrogen) atoms. The largest absolute Gasteiger partial charge is 0.496 e. The van der Waals surface area contributed by atoms with E-state index in [1.807, 2.05) is 6.07 Å². The predicted molar refractivity (Wildman–Crippen MR) is 108 cm³/mol. The van der Waals surface area contributed by atoms with Gasteiger partial charge in [-0.2, -0.15) is 0 Å². The van der Waals surface area contributed by atoms with Gasteiger partial charge in [-0.15, -0.1) is 0 Å². The second-order valence-electron chi connectivity index (χ2n) is 7.12. The van der Waals surface area contributed by atoms with Crippen LogP contribution >= 0.6 is 0 Å². The summed E-state index contributed by atoms with van der Waals surface area (Å²) < 4.78 is 10.7. The third kappa shape index (κ3) is 4.18. The monoisotopic (exact) mass is 368 g/mol. The van der Waals surface area contributed by atoms with Crippen LogP contribution in [0.25, 0.3) is 0 Å². The summed E-state index contributed by atoms with van der Waals surface area (Å²) in [6.45, 7) is 6.88. The van der Waals surface area contributed by atoms with Crippen molar-refractivity contribution in [2.45, 2.75) is 20.3 Å². The number of nitrogens with zero attached hydrogens (tertiary/aromatic N) is 1. The van der Waals surface area contributed by atoms with E-state index in [-0.39, 0.29) is 5.91 Å². The van der Waals surface area contributed by atoms with Crippen molar-refractivity contribution in [3.05, 3.63) is 53.1 Å². The maximum Gasteiger partial charge on any atom is 0.258 e. The van der Waals surface area contributed by atoms with E-state index in [9.17, 15) is 4.79 Å². The summed E-state index contributed by atoms with van der Waals surface area (Å²) in [5.41, 5.74) is 4.34. The number of benzene rings is 2. The van der Waals surface area contributed by atoms with E-state index in [0.717, 1.165) is 19.5 Å². The summed E-state index contributed by atoms with van der Waals surface area (Å²) in [5, 5.41) is 3.06. The Hall–Kier alpha value is -2.69. The van der Waals surface area contributed by atoms with Crippen LogP contribution in [0.5, 0.6) is 11.5 Å². The Morgan fingerprint density at radius 2 is 1.81 bits per heavy atom. The molecule has 1 aliphatic heterocycles. The van der Waals surface area contributed by atoms with Crippen molar-refractivity contribution in [1.29, 1.82) is 0 Å². The number of ether oxygens (including phenoxy) is 2. The minimum absolute atomic E-state index is 0.158. The van der Waals surface area contributed by atoms with Gasteiger partial charge in [0.15, 0.2) is 0 Å². The maximum atomic E-state index is 12.7. The average Bonchev–Trinajstić information content (AvgIpc) is 3.16. The lowest BCUT2D eigenvalue weighted by atomic mass is 10.1. The first-order chi connectivity index (χ1) is 13.0. The van der Waals surface area contributed by atoms with Crippen LogP contribution in [0.1, 0.15) is 27.9 Å². The average molecular weight is 368 g/mol. The Bertz CT molecular complexity index is 797. The molecule has 0 aromatic heterocycles. The van der Waals surface area contributed by atoms with Crippen LogP contribution in [0.4, 0.5) is 5.69 Å². The highest BCUT2D eigenvalue weighted by atomic mass is 16.5. The first-order valence-electron chi connectivity index (χ1n) is 9.35. The fraction of sp³-hybridized carbons (Fsp3) is 0.409. The number of hydrogen-bond donors (Lipinski definition) is 1. The smallest absolute Gasteiger partial charge is 0.258 e. The minimum atomic E-state index is -0.158. The van der Waals surface area contributed by atoms with Gasteiger partial charge in [-0.3, -0.25) is 4.79 Å². The SMILES string of the molecule is COc1cccc(OC)c1C(=O)NCC1CCN(c2ccc(C)c(C)c2)C1. The highest BCUT2D eigenvalue weighted by molar-refractivity contribution is 5.99. The number of methoxy groups -OCH3 is 2. The number of aryl methyl sites for hydroxylation is 2. The van der Waals surface area contributed by atoms with Gasteiger partial charge in [-0.1, -0.05) is 12.1 Å². The van der Waals surface area contributed by atoms with Crippen LogP contribution in [0.15, 0.2) is 36.4 Å². The topological polar surface area (TPSA) is 50.8 Å². The van der Waals surface area contributed by atoms with E-state index < -0.39 is 0 Å². The first-order valence-corrected chi connectivity index (χ1v) is 9.35. The fourth-order valence-corrected chi connectivity index (χ4v) is 3.56. The predicted octanol–water partition coefficient (Wildman–Crippen LogP) is 3.58. The molecule has 1 saturated heterocycles. The normalized spacial score (nSPS) is 16.3. The molecule has 1 amide bonds. The van der Waals surface area contributed by atoms with Gasteiger partial charge in [-0.05, 0) is 61.6 Å². The summed E-state index contributed by atoms with van der Waals surface area (Å²) in [4.78, 5) is 15.1. The van der Waals surface area contributed by atoms with E-state index >= 15 is 0 Å². The molecule has 0 saturated carbocycles. The van der Waals surface area contributed by atoms with Gasteiger partial charge in [-0.25, -0.2) is 0 Å². The molecule has 1 aliphatic rings. The van der Waals surface area contributed by atoms with Gasteiger partial charge in [0.05, 0.1) is 14.2 Å². The van der Waals surface area contributed by atoms with E-state index in [1.54, 1.807) is 26.4 Å². The van der Waals surface area contributed by atoms with Crippen molar-refractivity contribution in [3.63, 3.8) is 0 Å². The molecule has 0 radical (unpaired) electrons. The van der Waals surface area contributed by atoms with Crippen LogP contribution in [0.2, 0.25) is 0 Å².